The summed E-state index contributed by atoms with van der Waals surface area (Å²) in [6, 6.07) is 4.04. The molecule has 13 heavy (non-hydrogen) atoms. The van der Waals surface area contributed by atoms with Crippen molar-refractivity contribution in [1.29, 1.82) is 0 Å². The van der Waals surface area contributed by atoms with Crippen LogP contribution in [-0.4, -0.2) is 10.3 Å². The van der Waals surface area contributed by atoms with Gasteiger partial charge in [-0.25, -0.2) is 0 Å². The van der Waals surface area contributed by atoms with Gasteiger partial charge < -0.3 is 0 Å². The third-order valence-corrected chi connectivity index (χ3v) is 2.48. The number of halogens is 2. The van der Waals surface area contributed by atoms with E-state index in [0.717, 1.165) is 28.3 Å². The van der Waals surface area contributed by atoms with E-state index in [4.69, 9.17) is 0 Å². The molecule has 1 rings (SSSR count). The van der Waals surface area contributed by atoms with Crippen molar-refractivity contribution in [1.82, 2.24) is 4.98 Å². The second kappa shape index (κ2) is 6.33. The molecule has 0 aliphatic rings. The molecule has 0 saturated heterocycles. The average Bonchev–Trinajstić information content (AvgIpc) is 2.15. The minimum absolute atomic E-state index is 0.917. The first-order chi connectivity index (χ1) is 6.33. The molecule has 0 N–H and O–H groups in total. The molecule has 1 nitrogen and oxygen atoms in total. The van der Waals surface area contributed by atoms with Crippen molar-refractivity contribution in [2.24, 2.45) is 0 Å². The van der Waals surface area contributed by atoms with E-state index in [1.54, 1.807) is 0 Å². The van der Waals surface area contributed by atoms with Gasteiger partial charge in [0.05, 0.1) is 0 Å². The van der Waals surface area contributed by atoms with Crippen molar-refractivity contribution in [3.8, 4) is 0 Å². The molecule has 0 saturated carbocycles. The summed E-state index contributed by atoms with van der Waals surface area (Å²) in [5.74, 6) is 0. The smallest absolute Gasteiger partial charge is 0.0442 e. The maximum absolute atomic E-state index is 4.27. The second-order valence-corrected chi connectivity index (χ2v) is 4.33. The Hall–Kier alpha value is -0.150. The molecule has 1 aromatic rings. The minimum atomic E-state index is 0.917. The van der Waals surface area contributed by atoms with Crippen LogP contribution in [0, 0.1) is 0 Å². The number of alkyl halides is 1. The zero-order valence-electron chi connectivity index (χ0n) is 7.21. The predicted octanol–water partition coefficient (Wildman–Crippen LogP) is 3.73. The molecule has 0 amide bonds. The fourth-order valence-electron chi connectivity index (χ4n) is 0.912. The van der Waals surface area contributed by atoms with Crippen molar-refractivity contribution in [2.45, 2.75) is 12.8 Å². The molecule has 0 radical (unpaired) electrons. The summed E-state index contributed by atoms with van der Waals surface area (Å²) in [5, 5.41) is 1.03. The van der Waals surface area contributed by atoms with E-state index in [2.05, 4.69) is 49.0 Å². The van der Waals surface area contributed by atoms with E-state index < -0.39 is 0 Å². The first kappa shape index (κ1) is 10.9. The summed E-state index contributed by atoms with van der Waals surface area (Å²) in [6.07, 6.45) is 8.14. The highest BCUT2D eigenvalue weighted by atomic mass is 79.9. The quantitative estimate of drug-likeness (QED) is 0.610. The first-order valence-electron chi connectivity index (χ1n) is 4.14. The summed E-state index contributed by atoms with van der Waals surface area (Å²) < 4.78 is 1.03. The molecule has 0 atom stereocenters. The monoisotopic (exact) mass is 303 g/mol. The topological polar surface area (TPSA) is 12.9 Å². The summed E-state index contributed by atoms with van der Waals surface area (Å²) in [4.78, 5) is 4.27. The van der Waals surface area contributed by atoms with E-state index >= 15 is 0 Å². The van der Waals surface area contributed by atoms with Crippen LogP contribution in [0.1, 0.15) is 12.1 Å². The zero-order valence-corrected chi connectivity index (χ0v) is 10.4. The Labute approximate surface area is 95.5 Å². The van der Waals surface area contributed by atoms with E-state index in [0.29, 0.717) is 0 Å². The van der Waals surface area contributed by atoms with E-state index in [9.17, 15) is 0 Å². The number of pyridine rings is 1. The molecule has 0 unspecified atom stereocenters. The van der Waals surface area contributed by atoms with Gasteiger partial charge in [0.1, 0.15) is 0 Å². The number of allylic oxidation sites excluding steroid dienone is 2. The van der Waals surface area contributed by atoms with E-state index in [1.807, 2.05) is 18.3 Å². The van der Waals surface area contributed by atoms with Gasteiger partial charge in [0, 0.05) is 28.1 Å². The first-order valence-corrected chi connectivity index (χ1v) is 6.06. The molecule has 1 aromatic heterocycles. The molecule has 0 spiro atoms. The summed E-state index contributed by atoms with van der Waals surface area (Å²) in [7, 11) is 0. The highest BCUT2D eigenvalue weighted by molar-refractivity contribution is 9.10. The van der Waals surface area contributed by atoms with Gasteiger partial charge in [-0.1, -0.05) is 28.1 Å². The lowest BCUT2D eigenvalue weighted by Crippen LogP contribution is -1.85. The number of aromatic nitrogens is 1. The van der Waals surface area contributed by atoms with Gasteiger partial charge in [0.25, 0.3) is 0 Å². The number of hydrogen-bond donors (Lipinski definition) is 0. The van der Waals surface area contributed by atoms with Gasteiger partial charge in [0.2, 0.25) is 0 Å². The Morgan fingerprint density at radius 1 is 1.31 bits per heavy atom. The van der Waals surface area contributed by atoms with Crippen LogP contribution in [-0.2, 0) is 6.42 Å². The predicted molar refractivity (Wildman–Crippen MR) is 63.2 cm³/mol. The second-order valence-electron chi connectivity index (χ2n) is 2.62. The summed E-state index contributed by atoms with van der Waals surface area (Å²) in [6.45, 7) is 0. The van der Waals surface area contributed by atoms with Crippen LogP contribution in [0.2, 0.25) is 0 Å². The van der Waals surface area contributed by atoms with E-state index in [-0.39, 0.29) is 0 Å². The van der Waals surface area contributed by atoms with Crippen LogP contribution < -0.4 is 0 Å². The lowest BCUT2D eigenvalue weighted by Gasteiger charge is -1.94. The van der Waals surface area contributed by atoms with E-state index in [1.165, 1.54) is 0 Å². The fourth-order valence-corrected chi connectivity index (χ4v) is 1.41. The molecule has 0 fully saturated rings. The largest absolute Gasteiger partial charge is 0.260 e. The minimum Gasteiger partial charge on any atom is -0.260 e. The summed E-state index contributed by atoms with van der Waals surface area (Å²) in [5.41, 5.74) is 1.11. The number of hydrogen-bond acceptors (Lipinski definition) is 1. The Balaban J connectivity index is 2.41. The molecule has 0 bridgehead atoms. The van der Waals surface area contributed by atoms with Crippen LogP contribution >= 0.6 is 31.9 Å². The van der Waals surface area contributed by atoms with Gasteiger partial charge in [-0.05, 0) is 34.5 Å². The maximum atomic E-state index is 4.27. The maximum Gasteiger partial charge on any atom is 0.0442 e. The molecular formula is C10H11Br2N. The lowest BCUT2D eigenvalue weighted by molar-refractivity contribution is 1.09. The number of nitrogens with zero attached hydrogens (tertiary/aromatic N) is 1. The van der Waals surface area contributed by atoms with Gasteiger partial charge in [-0.2, -0.15) is 0 Å². The van der Waals surface area contributed by atoms with Gasteiger partial charge in [-0.15, -0.1) is 0 Å². The summed E-state index contributed by atoms with van der Waals surface area (Å²) >= 11 is 6.72. The molecule has 3 heteroatoms. The third kappa shape index (κ3) is 4.58. The van der Waals surface area contributed by atoms with Crippen LogP contribution in [0.5, 0.6) is 0 Å². The molecule has 0 aliphatic carbocycles. The standard InChI is InChI=1S/C10H11Br2N/c11-7-3-1-2-4-10-6-5-9(12)8-13-10/h1-2,5-6,8H,3-4,7H2/b2-1+. The van der Waals surface area contributed by atoms with Crippen molar-refractivity contribution in [3.63, 3.8) is 0 Å². The molecule has 0 aliphatic heterocycles. The highest BCUT2D eigenvalue weighted by Gasteiger charge is 1.90. The van der Waals surface area contributed by atoms with Crippen molar-refractivity contribution < 1.29 is 0 Å². The number of rotatable bonds is 4. The lowest BCUT2D eigenvalue weighted by atomic mass is 10.2. The van der Waals surface area contributed by atoms with Gasteiger partial charge in [0.15, 0.2) is 0 Å². The van der Waals surface area contributed by atoms with Crippen molar-refractivity contribution in [2.75, 3.05) is 5.33 Å². The Kier molecular flexibility index (Phi) is 5.32. The SMILES string of the molecule is BrCC/C=C/Cc1ccc(Br)cn1. The third-order valence-electron chi connectivity index (χ3n) is 1.56. The molecule has 1 heterocycles. The Bertz CT molecular complexity index is 267. The fraction of sp³-hybridized carbons (Fsp3) is 0.300. The van der Waals surface area contributed by atoms with Crippen LogP contribution in [0.25, 0.3) is 0 Å². The van der Waals surface area contributed by atoms with Crippen LogP contribution in [0.15, 0.2) is 35.0 Å². The molecular weight excluding hydrogens is 294 g/mol. The average molecular weight is 305 g/mol. The molecule has 0 aromatic carbocycles. The highest BCUT2D eigenvalue weighted by Crippen LogP contribution is 2.07. The Morgan fingerprint density at radius 2 is 2.15 bits per heavy atom. The molecule has 70 valence electrons. The van der Waals surface area contributed by atoms with Crippen LogP contribution in [0.3, 0.4) is 0 Å². The van der Waals surface area contributed by atoms with Crippen LogP contribution in [0.4, 0.5) is 0 Å². The zero-order chi connectivity index (χ0) is 9.52. The van der Waals surface area contributed by atoms with Gasteiger partial charge >= 0.3 is 0 Å². The Morgan fingerprint density at radius 3 is 2.77 bits per heavy atom. The van der Waals surface area contributed by atoms with Gasteiger partial charge in [-0.3, -0.25) is 4.98 Å². The van der Waals surface area contributed by atoms with Crippen molar-refractivity contribution >= 4 is 31.9 Å². The van der Waals surface area contributed by atoms with Crippen molar-refractivity contribution in [3.05, 3.63) is 40.6 Å². The normalized spacial score (nSPS) is 10.9.